The van der Waals surface area contributed by atoms with Gasteiger partial charge in [0.2, 0.25) is 0 Å². The highest BCUT2D eigenvalue weighted by molar-refractivity contribution is 14.1. The molecule has 2 N–H and O–H groups in total. The molecule has 0 spiro atoms. The fraction of sp³-hybridized carbons (Fsp3) is 0.300. The number of aromatic nitrogens is 4. The number of halogens is 1. The quantitative estimate of drug-likeness (QED) is 0.856. The molecule has 0 aliphatic heterocycles. The van der Waals surface area contributed by atoms with Crippen molar-refractivity contribution in [3.63, 3.8) is 0 Å². The van der Waals surface area contributed by atoms with Crippen molar-refractivity contribution in [1.82, 2.24) is 20.0 Å². The van der Waals surface area contributed by atoms with Crippen LogP contribution in [0.25, 0.3) is 5.82 Å². The fourth-order valence-corrected chi connectivity index (χ4v) is 2.34. The molecule has 0 unspecified atom stereocenters. The van der Waals surface area contributed by atoms with Gasteiger partial charge in [-0.1, -0.05) is 13.8 Å². The number of nitrogens with two attached hydrogens (primary N) is 1. The Balaban J connectivity index is 2.55. The molecule has 5 nitrogen and oxygen atoms in total. The lowest BCUT2D eigenvalue weighted by Crippen LogP contribution is -2.05. The highest BCUT2D eigenvalue weighted by Crippen LogP contribution is 2.26. The van der Waals surface area contributed by atoms with E-state index < -0.39 is 0 Å². The van der Waals surface area contributed by atoms with Gasteiger partial charge in [-0.25, -0.2) is 0 Å². The van der Waals surface area contributed by atoms with Crippen LogP contribution in [0.2, 0.25) is 0 Å². The van der Waals surface area contributed by atoms with Crippen LogP contribution in [-0.4, -0.2) is 20.0 Å². The fourth-order valence-electron chi connectivity index (χ4n) is 1.38. The van der Waals surface area contributed by atoms with Crippen LogP contribution < -0.4 is 5.73 Å². The number of hydrogen-bond acceptors (Lipinski definition) is 4. The van der Waals surface area contributed by atoms with E-state index in [4.69, 9.17) is 5.73 Å². The molecule has 2 aromatic rings. The predicted molar refractivity (Wildman–Crippen MR) is 70.4 cm³/mol. The van der Waals surface area contributed by atoms with Crippen LogP contribution in [0, 0.1) is 3.57 Å². The third-order valence-electron chi connectivity index (χ3n) is 2.21. The zero-order chi connectivity index (χ0) is 11.7. The molecule has 2 aromatic heterocycles. The number of hydrogen-bond donors (Lipinski definition) is 1. The van der Waals surface area contributed by atoms with Crippen LogP contribution in [0.1, 0.15) is 25.5 Å². The Morgan fingerprint density at radius 2 is 2.19 bits per heavy atom. The van der Waals surface area contributed by atoms with E-state index in [1.807, 2.05) is 12.1 Å². The van der Waals surface area contributed by atoms with Gasteiger partial charge in [0.05, 0.1) is 9.26 Å². The van der Waals surface area contributed by atoms with Gasteiger partial charge in [-0.2, -0.15) is 14.9 Å². The summed E-state index contributed by atoms with van der Waals surface area (Å²) in [5.74, 6) is 1.60. The minimum absolute atomic E-state index is 0.340. The molecule has 2 rings (SSSR count). The third kappa shape index (κ3) is 1.89. The summed E-state index contributed by atoms with van der Waals surface area (Å²) in [7, 11) is 0. The maximum absolute atomic E-state index is 6.00. The highest BCUT2D eigenvalue weighted by atomic mass is 127. The second kappa shape index (κ2) is 4.36. The molecule has 0 fully saturated rings. The van der Waals surface area contributed by atoms with Crippen molar-refractivity contribution >= 4 is 28.4 Å². The van der Waals surface area contributed by atoms with Crippen molar-refractivity contribution < 1.29 is 0 Å². The first kappa shape index (κ1) is 11.3. The van der Waals surface area contributed by atoms with Gasteiger partial charge >= 0.3 is 0 Å². The largest absolute Gasteiger partial charge is 0.383 e. The number of rotatable bonds is 2. The summed E-state index contributed by atoms with van der Waals surface area (Å²) in [6.45, 7) is 4.18. The molecule has 2 heterocycles. The molecular formula is C10H12IN5. The molecule has 6 heteroatoms. The van der Waals surface area contributed by atoms with Crippen LogP contribution in [0.3, 0.4) is 0 Å². The summed E-state index contributed by atoms with van der Waals surface area (Å²) in [6, 6.07) is 3.64. The minimum atomic E-state index is 0.340. The van der Waals surface area contributed by atoms with Gasteiger partial charge in [0.1, 0.15) is 5.82 Å². The standard InChI is InChI=1S/C10H12IN5/c1-6(2)9-8(11)10(12)16(15-9)7-4-3-5-13-14-7/h3-6H,12H2,1-2H3. The molecule has 0 saturated heterocycles. The van der Waals surface area contributed by atoms with Gasteiger partial charge in [-0.05, 0) is 40.6 Å². The molecule has 0 saturated carbocycles. The highest BCUT2D eigenvalue weighted by Gasteiger charge is 2.17. The summed E-state index contributed by atoms with van der Waals surface area (Å²) in [4.78, 5) is 0. The summed E-state index contributed by atoms with van der Waals surface area (Å²) in [5, 5.41) is 12.3. The van der Waals surface area contributed by atoms with Crippen molar-refractivity contribution in [1.29, 1.82) is 0 Å². The van der Waals surface area contributed by atoms with Gasteiger partial charge in [0.15, 0.2) is 5.82 Å². The van der Waals surface area contributed by atoms with Crippen LogP contribution in [0.4, 0.5) is 5.82 Å². The Morgan fingerprint density at radius 1 is 1.44 bits per heavy atom. The SMILES string of the molecule is CC(C)c1nn(-c2cccnn2)c(N)c1I. The van der Waals surface area contributed by atoms with E-state index in [-0.39, 0.29) is 0 Å². The normalized spacial score (nSPS) is 11.0. The number of nitrogen functional groups attached to an aromatic ring is 1. The van der Waals surface area contributed by atoms with Gasteiger partial charge in [-0.15, -0.1) is 5.10 Å². The van der Waals surface area contributed by atoms with Gasteiger partial charge in [-0.3, -0.25) is 0 Å². The Morgan fingerprint density at radius 3 is 2.69 bits per heavy atom. The van der Waals surface area contributed by atoms with Gasteiger partial charge in [0, 0.05) is 6.20 Å². The summed E-state index contributed by atoms with van der Waals surface area (Å²) in [5.41, 5.74) is 6.99. The molecule has 0 aliphatic carbocycles. The van der Waals surface area contributed by atoms with E-state index in [1.165, 1.54) is 0 Å². The number of nitrogens with zero attached hydrogens (tertiary/aromatic N) is 4. The first-order chi connectivity index (χ1) is 7.61. The lowest BCUT2D eigenvalue weighted by molar-refractivity contribution is 0.750. The summed E-state index contributed by atoms with van der Waals surface area (Å²) >= 11 is 2.21. The van der Waals surface area contributed by atoms with Gasteiger partial charge < -0.3 is 5.73 Å². The topological polar surface area (TPSA) is 69.6 Å². The van der Waals surface area contributed by atoms with Crippen molar-refractivity contribution in [2.45, 2.75) is 19.8 Å². The second-order valence-electron chi connectivity index (χ2n) is 3.73. The molecule has 0 atom stereocenters. The van der Waals surface area contributed by atoms with Crippen molar-refractivity contribution in [3.8, 4) is 5.82 Å². The van der Waals surface area contributed by atoms with Crippen LogP contribution in [0.5, 0.6) is 0 Å². The zero-order valence-corrected chi connectivity index (χ0v) is 11.2. The minimum Gasteiger partial charge on any atom is -0.383 e. The average Bonchev–Trinajstić information content (AvgIpc) is 2.58. The molecule has 16 heavy (non-hydrogen) atoms. The van der Waals surface area contributed by atoms with Crippen LogP contribution >= 0.6 is 22.6 Å². The molecular weight excluding hydrogens is 317 g/mol. The van der Waals surface area contributed by atoms with E-state index >= 15 is 0 Å². The third-order valence-corrected chi connectivity index (χ3v) is 3.31. The molecule has 0 aliphatic rings. The van der Waals surface area contributed by atoms with E-state index in [0.717, 1.165) is 9.26 Å². The number of anilines is 1. The second-order valence-corrected chi connectivity index (χ2v) is 4.81. The maximum Gasteiger partial charge on any atom is 0.178 e. The molecule has 0 amide bonds. The van der Waals surface area contributed by atoms with Crippen LogP contribution in [0.15, 0.2) is 18.3 Å². The van der Waals surface area contributed by atoms with Crippen molar-refractivity contribution in [2.24, 2.45) is 0 Å². The lowest BCUT2D eigenvalue weighted by atomic mass is 10.1. The smallest absolute Gasteiger partial charge is 0.178 e. The van der Waals surface area contributed by atoms with E-state index in [2.05, 4.69) is 51.7 Å². The Hall–Kier alpha value is -1.18. The maximum atomic E-state index is 6.00. The van der Waals surface area contributed by atoms with Crippen molar-refractivity contribution in [3.05, 3.63) is 27.6 Å². The molecule has 0 radical (unpaired) electrons. The van der Waals surface area contributed by atoms with E-state index in [0.29, 0.717) is 17.6 Å². The molecule has 0 aromatic carbocycles. The first-order valence-corrected chi connectivity index (χ1v) is 6.01. The lowest BCUT2D eigenvalue weighted by Gasteiger charge is -2.00. The Bertz CT molecular complexity index is 491. The monoisotopic (exact) mass is 329 g/mol. The zero-order valence-electron chi connectivity index (χ0n) is 9.05. The Kier molecular flexibility index (Phi) is 3.08. The first-order valence-electron chi connectivity index (χ1n) is 4.93. The Labute approximate surface area is 107 Å². The van der Waals surface area contributed by atoms with Crippen LogP contribution in [-0.2, 0) is 0 Å². The summed E-state index contributed by atoms with van der Waals surface area (Å²) in [6.07, 6.45) is 1.62. The predicted octanol–water partition coefficient (Wildman–Crippen LogP) is 1.97. The van der Waals surface area contributed by atoms with E-state index in [1.54, 1.807) is 10.9 Å². The van der Waals surface area contributed by atoms with E-state index in [9.17, 15) is 0 Å². The summed E-state index contributed by atoms with van der Waals surface area (Å²) < 4.78 is 2.61. The molecule has 84 valence electrons. The van der Waals surface area contributed by atoms with Crippen molar-refractivity contribution in [2.75, 3.05) is 5.73 Å². The molecule has 0 bridgehead atoms. The van der Waals surface area contributed by atoms with Gasteiger partial charge in [0.25, 0.3) is 0 Å². The average molecular weight is 329 g/mol.